The zero-order valence-electron chi connectivity index (χ0n) is 13.9. The molecule has 1 saturated carbocycles. The van der Waals surface area contributed by atoms with Gasteiger partial charge in [-0.1, -0.05) is 0 Å². The van der Waals surface area contributed by atoms with Crippen molar-refractivity contribution in [3.63, 3.8) is 0 Å². The van der Waals surface area contributed by atoms with Crippen molar-refractivity contribution in [2.24, 2.45) is 0 Å². The molecule has 0 spiro atoms. The molecule has 8 heteroatoms. The molecule has 0 radical (unpaired) electrons. The van der Waals surface area contributed by atoms with Gasteiger partial charge < -0.3 is 14.4 Å². The van der Waals surface area contributed by atoms with Crippen LogP contribution in [0, 0.1) is 0 Å². The Labute approximate surface area is 138 Å². The average molecular weight is 346 g/mol. The first-order chi connectivity index (χ1) is 10.8. The molecule has 3 aliphatic rings. The van der Waals surface area contributed by atoms with Crippen molar-refractivity contribution in [2.75, 3.05) is 39.6 Å². The molecular formula is C15H26N2O5S. The predicted molar refractivity (Wildman–Crippen MR) is 84.5 cm³/mol. The number of amides is 1. The number of piperidine rings is 1. The van der Waals surface area contributed by atoms with E-state index in [0.29, 0.717) is 39.1 Å². The molecule has 3 rings (SSSR count). The SMILES string of the molecule is COC1(CC(=O)N2CC[C@@H]3OCCN(S(C)(=O)=O)[C@H]3C2)CCC1. The quantitative estimate of drug-likeness (QED) is 0.727. The van der Waals surface area contributed by atoms with Gasteiger partial charge in [0.25, 0.3) is 0 Å². The van der Waals surface area contributed by atoms with Crippen LogP contribution < -0.4 is 0 Å². The summed E-state index contributed by atoms with van der Waals surface area (Å²) < 4.78 is 36.7. The molecule has 132 valence electrons. The second-order valence-electron chi connectivity index (χ2n) is 6.90. The summed E-state index contributed by atoms with van der Waals surface area (Å²) in [5, 5.41) is 0. The van der Waals surface area contributed by atoms with E-state index in [9.17, 15) is 13.2 Å². The van der Waals surface area contributed by atoms with Gasteiger partial charge in [-0.3, -0.25) is 4.79 Å². The number of hydrogen-bond donors (Lipinski definition) is 0. The summed E-state index contributed by atoms with van der Waals surface area (Å²) >= 11 is 0. The molecule has 2 heterocycles. The molecule has 1 aliphatic carbocycles. The Morgan fingerprint density at radius 1 is 1.35 bits per heavy atom. The Balaban J connectivity index is 1.68. The minimum Gasteiger partial charge on any atom is -0.378 e. The molecule has 23 heavy (non-hydrogen) atoms. The number of likely N-dealkylation sites (tertiary alicyclic amines) is 1. The summed E-state index contributed by atoms with van der Waals surface area (Å²) in [4.78, 5) is 14.4. The van der Waals surface area contributed by atoms with Crippen molar-refractivity contribution in [3.05, 3.63) is 0 Å². The lowest BCUT2D eigenvalue weighted by Gasteiger charge is -2.47. The van der Waals surface area contributed by atoms with Crippen molar-refractivity contribution < 1.29 is 22.7 Å². The van der Waals surface area contributed by atoms with Crippen LogP contribution in [0.15, 0.2) is 0 Å². The second-order valence-corrected chi connectivity index (χ2v) is 8.83. The van der Waals surface area contributed by atoms with Crippen LogP contribution in [-0.4, -0.2) is 80.9 Å². The normalized spacial score (nSPS) is 31.3. The molecule has 2 saturated heterocycles. The summed E-state index contributed by atoms with van der Waals surface area (Å²) in [5.41, 5.74) is -0.298. The predicted octanol–water partition coefficient (Wildman–Crippen LogP) is 0.207. The van der Waals surface area contributed by atoms with Crippen molar-refractivity contribution in [1.29, 1.82) is 0 Å². The molecule has 0 aromatic carbocycles. The van der Waals surface area contributed by atoms with Gasteiger partial charge in [-0.25, -0.2) is 8.42 Å². The van der Waals surface area contributed by atoms with Crippen molar-refractivity contribution in [3.8, 4) is 0 Å². The third-order valence-electron chi connectivity index (χ3n) is 5.48. The van der Waals surface area contributed by atoms with E-state index in [1.807, 2.05) is 0 Å². The maximum absolute atomic E-state index is 12.6. The molecule has 7 nitrogen and oxygen atoms in total. The third kappa shape index (κ3) is 3.40. The maximum Gasteiger partial charge on any atom is 0.225 e. The smallest absolute Gasteiger partial charge is 0.225 e. The zero-order chi connectivity index (χ0) is 16.7. The van der Waals surface area contributed by atoms with E-state index in [1.54, 1.807) is 12.0 Å². The van der Waals surface area contributed by atoms with E-state index >= 15 is 0 Å². The van der Waals surface area contributed by atoms with Gasteiger partial charge in [0.05, 0.1) is 37.0 Å². The van der Waals surface area contributed by atoms with E-state index in [0.717, 1.165) is 19.3 Å². The van der Waals surface area contributed by atoms with E-state index in [2.05, 4.69) is 0 Å². The fourth-order valence-electron chi connectivity index (χ4n) is 3.89. The Hall–Kier alpha value is -0.700. The zero-order valence-corrected chi connectivity index (χ0v) is 14.7. The van der Waals surface area contributed by atoms with Crippen LogP contribution in [0.25, 0.3) is 0 Å². The van der Waals surface area contributed by atoms with Gasteiger partial charge in [0, 0.05) is 26.7 Å². The van der Waals surface area contributed by atoms with Crippen molar-refractivity contribution >= 4 is 15.9 Å². The minimum absolute atomic E-state index is 0.0593. The Bertz CT molecular complexity index is 555. The van der Waals surface area contributed by atoms with E-state index in [1.165, 1.54) is 10.6 Å². The summed E-state index contributed by atoms with van der Waals surface area (Å²) in [6, 6.07) is -0.267. The van der Waals surface area contributed by atoms with Crippen molar-refractivity contribution in [1.82, 2.24) is 9.21 Å². The van der Waals surface area contributed by atoms with Crippen LogP contribution >= 0.6 is 0 Å². The molecule has 0 aromatic rings. The monoisotopic (exact) mass is 346 g/mol. The molecule has 2 atom stereocenters. The van der Waals surface area contributed by atoms with Gasteiger partial charge in [-0.2, -0.15) is 4.31 Å². The Morgan fingerprint density at radius 2 is 2.09 bits per heavy atom. The highest BCUT2D eigenvalue weighted by molar-refractivity contribution is 7.88. The number of fused-ring (bicyclic) bond motifs is 1. The third-order valence-corrected chi connectivity index (χ3v) is 6.79. The van der Waals surface area contributed by atoms with Gasteiger partial charge in [0.1, 0.15) is 0 Å². The molecule has 0 unspecified atom stereocenters. The van der Waals surface area contributed by atoms with Crippen LogP contribution in [0.2, 0.25) is 0 Å². The Morgan fingerprint density at radius 3 is 2.65 bits per heavy atom. The molecule has 2 aliphatic heterocycles. The van der Waals surface area contributed by atoms with E-state index in [-0.39, 0.29) is 23.7 Å². The lowest BCUT2D eigenvalue weighted by atomic mass is 9.77. The number of methoxy groups -OCH3 is 1. The first-order valence-electron chi connectivity index (χ1n) is 8.26. The number of hydrogen-bond acceptors (Lipinski definition) is 5. The topological polar surface area (TPSA) is 76.2 Å². The van der Waals surface area contributed by atoms with Crippen LogP contribution in [0.5, 0.6) is 0 Å². The largest absolute Gasteiger partial charge is 0.378 e. The fraction of sp³-hybridized carbons (Fsp3) is 0.933. The number of ether oxygens (including phenoxy) is 2. The van der Waals surface area contributed by atoms with Gasteiger partial charge in [-0.05, 0) is 25.7 Å². The highest BCUT2D eigenvalue weighted by Gasteiger charge is 2.44. The summed E-state index contributed by atoms with van der Waals surface area (Å²) in [7, 11) is -1.62. The highest BCUT2D eigenvalue weighted by Crippen LogP contribution is 2.38. The molecular weight excluding hydrogens is 320 g/mol. The number of carbonyl (C=O) groups excluding carboxylic acids is 1. The summed E-state index contributed by atoms with van der Waals surface area (Å²) in [6.45, 7) is 1.83. The highest BCUT2D eigenvalue weighted by atomic mass is 32.2. The average Bonchev–Trinajstić information content (AvgIpc) is 2.48. The standard InChI is InChI=1S/C15H26N2O5S/c1-21-15(5-3-6-15)10-14(18)16-7-4-13-12(11-16)17(8-9-22-13)23(2,19)20/h12-13H,3-11H2,1-2H3/t12-,13-/m0/s1. The van der Waals surface area contributed by atoms with Crippen LogP contribution in [0.4, 0.5) is 0 Å². The second kappa shape index (κ2) is 6.31. The van der Waals surface area contributed by atoms with Gasteiger partial charge in [0.15, 0.2) is 0 Å². The van der Waals surface area contributed by atoms with E-state index in [4.69, 9.17) is 9.47 Å². The van der Waals surface area contributed by atoms with Crippen LogP contribution in [0.3, 0.4) is 0 Å². The van der Waals surface area contributed by atoms with Gasteiger partial charge in [0.2, 0.25) is 15.9 Å². The molecule has 0 bridgehead atoms. The maximum atomic E-state index is 12.6. The Kier molecular flexibility index (Phi) is 4.70. The first kappa shape index (κ1) is 17.1. The first-order valence-corrected chi connectivity index (χ1v) is 10.1. The summed E-state index contributed by atoms with van der Waals surface area (Å²) in [6.07, 6.45) is 5.14. The lowest BCUT2D eigenvalue weighted by molar-refractivity contribution is -0.150. The number of nitrogens with zero attached hydrogens (tertiary/aromatic N) is 2. The summed E-state index contributed by atoms with van der Waals surface area (Å²) in [5.74, 6) is 0.0593. The van der Waals surface area contributed by atoms with Gasteiger partial charge >= 0.3 is 0 Å². The van der Waals surface area contributed by atoms with Crippen molar-refractivity contribution in [2.45, 2.75) is 49.9 Å². The number of carbonyl (C=O) groups is 1. The molecule has 0 aromatic heterocycles. The number of sulfonamides is 1. The molecule has 0 N–H and O–H groups in total. The number of morpholine rings is 1. The van der Waals surface area contributed by atoms with Gasteiger partial charge in [-0.15, -0.1) is 0 Å². The van der Waals surface area contributed by atoms with Crippen LogP contribution in [0.1, 0.15) is 32.1 Å². The number of rotatable bonds is 4. The molecule has 1 amide bonds. The lowest BCUT2D eigenvalue weighted by Crippen LogP contribution is -2.62. The minimum atomic E-state index is -3.29. The van der Waals surface area contributed by atoms with E-state index < -0.39 is 10.0 Å². The fourth-order valence-corrected chi connectivity index (χ4v) is 4.99. The molecule has 3 fully saturated rings. The van der Waals surface area contributed by atoms with Crippen LogP contribution in [-0.2, 0) is 24.3 Å².